The smallest absolute Gasteiger partial charge is 0.164 e. The molecule has 1 unspecified atom stereocenters. The van der Waals surface area contributed by atoms with Crippen LogP contribution in [0.4, 0.5) is 5.82 Å². The summed E-state index contributed by atoms with van der Waals surface area (Å²) in [4.78, 5) is 9.72. The van der Waals surface area contributed by atoms with Crippen LogP contribution in [0.25, 0.3) is 16.9 Å². The summed E-state index contributed by atoms with van der Waals surface area (Å²) in [6.07, 6.45) is 8.48. The molecule has 1 aliphatic heterocycles. The molecule has 140 valence electrons. The minimum absolute atomic E-state index is 0.425. The molecule has 2 fully saturated rings. The van der Waals surface area contributed by atoms with Crippen molar-refractivity contribution in [3.8, 4) is 17.0 Å². The Morgan fingerprint density at radius 1 is 1.22 bits per heavy atom. The van der Waals surface area contributed by atoms with E-state index in [0.29, 0.717) is 12.0 Å². The molecule has 2 aliphatic rings. The largest absolute Gasteiger partial charge is 0.493 e. The summed E-state index contributed by atoms with van der Waals surface area (Å²) in [5.74, 6) is 2.22. The minimum atomic E-state index is 0.425. The predicted octanol–water partition coefficient (Wildman–Crippen LogP) is 2.84. The Hall–Kier alpha value is -2.67. The second kappa shape index (κ2) is 6.81. The van der Waals surface area contributed by atoms with Crippen molar-refractivity contribution >= 4 is 11.5 Å². The Bertz CT molecular complexity index is 958. The van der Waals surface area contributed by atoms with Crippen molar-refractivity contribution < 1.29 is 4.74 Å². The molecule has 1 saturated carbocycles. The summed E-state index contributed by atoms with van der Waals surface area (Å²) in [5.41, 5.74) is 3.71. The summed E-state index contributed by atoms with van der Waals surface area (Å²) < 4.78 is 7.30. The number of ether oxygens (including phenoxy) is 1. The van der Waals surface area contributed by atoms with E-state index in [0.717, 1.165) is 47.3 Å². The van der Waals surface area contributed by atoms with Crippen LogP contribution in [-0.2, 0) is 0 Å². The van der Waals surface area contributed by atoms with Crippen LogP contribution in [0.5, 0.6) is 5.75 Å². The van der Waals surface area contributed by atoms with E-state index in [-0.39, 0.29) is 0 Å². The number of nitrogens with one attached hydrogen (secondary N) is 2. The summed E-state index contributed by atoms with van der Waals surface area (Å²) >= 11 is 0. The third-order valence-corrected chi connectivity index (χ3v) is 5.35. The zero-order chi connectivity index (χ0) is 18.2. The third-order valence-electron chi connectivity index (χ3n) is 5.35. The van der Waals surface area contributed by atoms with Crippen LogP contribution in [0.3, 0.4) is 0 Å². The normalized spacial score (nSPS) is 20.0. The topological polar surface area (TPSA) is 76.4 Å². The molecule has 3 aromatic heterocycles. The maximum Gasteiger partial charge on any atom is 0.164 e. The molecular formula is C20H24N6O. The number of anilines is 1. The molecule has 0 spiro atoms. The van der Waals surface area contributed by atoms with Gasteiger partial charge in [0, 0.05) is 18.5 Å². The molecule has 1 saturated heterocycles. The molecule has 3 aromatic rings. The van der Waals surface area contributed by atoms with E-state index in [9.17, 15) is 0 Å². The van der Waals surface area contributed by atoms with Crippen molar-refractivity contribution in [1.82, 2.24) is 24.9 Å². The Morgan fingerprint density at radius 2 is 2.15 bits per heavy atom. The van der Waals surface area contributed by atoms with Gasteiger partial charge in [0.15, 0.2) is 11.4 Å². The lowest BCUT2D eigenvalue weighted by molar-refractivity contribution is 0.403. The average molecular weight is 364 g/mol. The van der Waals surface area contributed by atoms with Gasteiger partial charge in [0.2, 0.25) is 0 Å². The van der Waals surface area contributed by atoms with Crippen LogP contribution in [0, 0.1) is 0 Å². The van der Waals surface area contributed by atoms with Crippen molar-refractivity contribution in [2.75, 3.05) is 25.5 Å². The van der Waals surface area contributed by atoms with Gasteiger partial charge in [0.25, 0.3) is 0 Å². The van der Waals surface area contributed by atoms with E-state index in [4.69, 9.17) is 14.7 Å². The molecule has 1 atom stereocenters. The molecule has 1 aliphatic carbocycles. The lowest BCUT2D eigenvalue weighted by atomic mass is 10.1. The van der Waals surface area contributed by atoms with Gasteiger partial charge in [-0.2, -0.15) is 5.10 Å². The molecule has 7 heteroatoms. The third kappa shape index (κ3) is 3.23. The van der Waals surface area contributed by atoms with E-state index in [1.165, 1.54) is 25.7 Å². The van der Waals surface area contributed by atoms with E-state index >= 15 is 0 Å². The first-order chi connectivity index (χ1) is 13.3. The fourth-order valence-corrected chi connectivity index (χ4v) is 3.74. The molecule has 0 aromatic carbocycles. The molecule has 2 N–H and O–H groups in total. The van der Waals surface area contributed by atoms with Gasteiger partial charge in [-0.05, 0) is 44.4 Å². The number of fused-ring (bicyclic) bond motifs is 1. The van der Waals surface area contributed by atoms with E-state index in [1.54, 1.807) is 11.6 Å². The van der Waals surface area contributed by atoms with Gasteiger partial charge >= 0.3 is 0 Å². The fraction of sp³-hybridized carbons (Fsp3) is 0.450. The van der Waals surface area contributed by atoms with Crippen LogP contribution in [-0.4, -0.2) is 45.8 Å². The number of rotatable bonds is 5. The Balaban J connectivity index is 1.49. The Labute approximate surface area is 158 Å². The van der Waals surface area contributed by atoms with Crippen molar-refractivity contribution in [2.24, 2.45) is 0 Å². The zero-order valence-corrected chi connectivity index (χ0v) is 15.5. The molecule has 0 radical (unpaired) electrons. The van der Waals surface area contributed by atoms with Gasteiger partial charge in [0.1, 0.15) is 5.82 Å². The van der Waals surface area contributed by atoms with Crippen molar-refractivity contribution in [2.45, 2.75) is 37.6 Å². The highest BCUT2D eigenvalue weighted by atomic mass is 16.5. The van der Waals surface area contributed by atoms with E-state index in [1.807, 2.05) is 30.6 Å². The van der Waals surface area contributed by atoms with Gasteiger partial charge in [-0.25, -0.2) is 14.5 Å². The van der Waals surface area contributed by atoms with Crippen LogP contribution >= 0.6 is 0 Å². The maximum absolute atomic E-state index is 5.52. The first-order valence-electron chi connectivity index (χ1n) is 9.69. The van der Waals surface area contributed by atoms with Gasteiger partial charge < -0.3 is 15.4 Å². The van der Waals surface area contributed by atoms with Gasteiger partial charge in [-0.15, -0.1) is 0 Å². The molecule has 4 heterocycles. The van der Waals surface area contributed by atoms with Gasteiger partial charge in [-0.1, -0.05) is 6.07 Å². The van der Waals surface area contributed by atoms with Crippen molar-refractivity contribution in [3.63, 3.8) is 0 Å². The Kier molecular flexibility index (Phi) is 4.16. The molecule has 7 nitrogen and oxygen atoms in total. The highest BCUT2D eigenvalue weighted by molar-refractivity contribution is 5.75. The maximum atomic E-state index is 5.52. The number of pyridine rings is 1. The molecular weight excluding hydrogens is 340 g/mol. The fourth-order valence-electron chi connectivity index (χ4n) is 3.74. The standard InChI is InChI=1S/C20H24N6O/c1-27-17-12-26-20(25-19(17)13-7-8-13)15(11-22-26)16-5-2-6-18(24-16)23-14-4-3-9-21-10-14/h2,5-6,11-14,21H,3-4,7-10H2,1H3,(H,23,24). The number of methoxy groups -OCH3 is 1. The Morgan fingerprint density at radius 3 is 2.93 bits per heavy atom. The molecule has 0 bridgehead atoms. The molecule has 0 amide bonds. The summed E-state index contributed by atoms with van der Waals surface area (Å²) in [5, 5.41) is 11.5. The first kappa shape index (κ1) is 16.5. The second-order valence-corrected chi connectivity index (χ2v) is 7.39. The molecule has 27 heavy (non-hydrogen) atoms. The monoisotopic (exact) mass is 364 g/mol. The van der Waals surface area contributed by atoms with Crippen LogP contribution in [0.15, 0.2) is 30.6 Å². The van der Waals surface area contributed by atoms with Crippen molar-refractivity contribution in [3.05, 3.63) is 36.3 Å². The quantitative estimate of drug-likeness (QED) is 0.725. The van der Waals surface area contributed by atoms with Crippen LogP contribution in [0.2, 0.25) is 0 Å². The van der Waals surface area contributed by atoms with Gasteiger partial charge in [0.05, 0.1) is 36.5 Å². The SMILES string of the molecule is COc1cn2ncc(-c3cccc(NC4CCCNC4)n3)c2nc1C1CC1. The van der Waals surface area contributed by atoms with E-state index in [2.05, 4.69) is 15.7 Å². The highest BCUT2D eigenvalue weighted by Crippen LogP contribution is 2.43. The second-order valence-electron chi connectivity index (χ2n) is 7.39. The first-order valence-corrected chi connectivity index (χ1v) is 9.69. The zero-order valence-electron chi connectivity index (χ0n) is 15.5. The number of piperidine rings is 1. The van der Waals surface area contributed by atoms with Gasteiger partial charge in [-0.3, -0.25) is 0 Å². The molecule has 5 rings (SSSR count). The number of aromatic nitrogens is 4. The summed E-state index contributed by atoms with van der Waals surface area (Å²) in [6.45, 7) is 2.08. The predicted molar refractivity (Wildman–Crippen MR) is 104 cm³/mol. The van der Waals surface area contributed by atoms with Crippen LogP contribution in [0.1, 0.15) is 37.3 Å². The number of nitrogens with zero attached hydrogens (tertiary/aromatic N) is 4. The number of hydrogen-bond acceptors (Lipinski definition) is 6. The lowest BCUT2D eigenvalue weighted by Crippen LogP contribution is -2.38. The number of hydrogen-bond donors (Lipinski definition) is 2. The minimum Gasteiger partial charge on any atom is -0.493 e. The summed E-state index contributed by atoms with van der Waals surface area (Å²) in [6, 6.07) is 6.50. The lowest BCUT2D eigenvalue weighted by Gasteiger charge is -2.24. The van der Waals surface area contributed by atoms with Crippen LogP contribution < -0.4 is 15.4 Å². The average Bonchev–Trinajstić information content (AvgIpc) is 3.47. The van der Waals surface area contributed by atoms with E-state index < -0.39 is 0 Å². The van der Waals surface area contributed by atoms with Crippen molar-refractivity contribution in [1.29, 1.82) is 0 Å². The highest BCUT2D eigenvalue weighted by Gasteiger charge is 2.29. The summed E-state index contributed by atoms with van der Waals surface area (Å²) in [7, 11) is 1.69.